The minimum atomic E-state index is -0.313. The van der Waals surface area contributed by atoms with Gasteiger partial charge in [0.15, 0.2) is 0 Å². The summed E-state index contributed by atoms with van der Waals surface area (Å²) >= 11 is 0. The number of aryl methyl sites for hydroxylation is 1. The number of ether oxygens (including phenoxy) is 1. The maximum atomic E-state index is 14.0. The molecule has 2 atom stereocenters. The highest BCUT2D eigenvalue weighted by molar-refractivity contribution is 5.98. The largest absolute Gasteiger partial charge is 0.488 e. The van der Waals surface area contributed by atoms with E-state index in [9.17, 15) is 14.0 Å². The average Bonchev–Trinajstić information content (AvgIpc) is 3.57. The molecular formula is C35H42FN5O3. The molecule has 2 amide bonds. The van der Waals surface area contributed by atoms with Gasteiger partial charge in [-0.15, -0.1) is 0 Å². The lowest BCUT2D eigenvalue weighted by atomic mass is 9.99. The maximum absolute atomic E-state index is 14.0. The number of hydrogen-bond acceptors (Lipinski definition) is 6. The molecule has 0 saturated carbocycles. The fourth-order valence-corrected chi connectivity index (χ4v) is 6.53. The third-order valence-electron chi connectivity index (χ3n) is 8.98. The van der Waals surface area contributed by atoms with Gasteiger partial charge in [-0.05, 0) is 86.0 Å². The zero-order chi connectivity index (χ0) is 30.6. The molecular weight excluding hydrogens is 557 g/mol. The van der Waals surface area contributed by atoms with Crippen molar-refractivity contribution in [3.63, 3.8) is 0 Å². The monoisotopic (exact) mass is 599 g/mol. The molecule has 0 radical (unpaired) electrons. The molecule has 3 heterocycles. The van der Waals surface area contributed by atoms with E-state index < -0.39 is 0 Å². The summed E-state index contributed by atoms with van der Waals surface area (Å²) in [7, 11) is 0. The van der Waals surface area contributed by atoms with E-state index in [2.05, 4.69) is 28.5 Å². The SMILES string of the molecule is CC[C@H]1CN(C(=O)c2cc(C)cc(N3CCNCC3)c2)CCN1C(=O)c1ccc(O[C@H]2CCNC2)c(-c2ccc(F)cc2)c1. The number of nitrogens with one attached hydrogen (secondary N) is 2. The van der Waals surface area contributed by atoms with Crippen LogP contribution in [0.4, 0.5) is 10.1 Å². The molecule has 8 nitrogen and oxygen atoms in total. The fraction of sp³-hybridized carbons (Fsp3) is 0.429. The molecule has 3 aliphatic rings. The Balaban J connectivity index is 1.20. The standard InChI is InChI=1S/C35H42FN5O3/c1-3-29-23-40(34(42)27-18-24(2)19-30(20-27)39-14-12-37-13-15-39)16-17-41(29)35(43)26-6-9-33(44-31-10-11-38-22-31)32(21-26)25-4-7-28(36)8-5-25/h4-9,18-21,29,31,37-38H,3,10-17,22-23H2,1-2H3/t29-,31-/m0/s1. The van der Waals surface area contributed by atoms with Gasteiger partial charge in [-0.1, -0.05) is 19.1 Å². The van der Waals surface area contributed by atoms with Crippen molar-refractivity contribution >= 4 is 17.5 Å². The average molecular weight is 600 g/mol. The van der Waals surface area contributed by atoms with Crippen LogP contribution in [0.15, 0.2) is 60.7 Å². The van der Waals surface area contributed by atoms with Crippen LogP contribution in [0.3, 0.4) is 0 Å². The summed E-state index contributed by atoms with van der Waals surface area (Å²) in [5.74, 6) is 0.310. The molecule has 3 aliphatic heterocycles. The summed E-state index contributed by atoms with van der Waals surface area (Å²) in [6.07, 6.45) is 1.69. The minimum Gasteiger partial charge on any atom is -0.488 e. The summed E-state index contributed by atoms with van der Waals surface area (Å²) in [5.41, 5.74) is 4.97. The molecule has 3 saturated heterocycles. The summed E-state index contributed by atoms with van der Waals surface area (Å²) in [4.78, 5) is 33.8. The van der Waals surface area contributed by atoms with Gasteiger partial charge in [0.25, 0.3) is 11.8 Å². The van der Waals surface area contributed by atoms with Crippen molar-refractivity contribution in [1.29, 1.82) is 0 Å². The highest BCUT2D eigenvalue weighted by Crippen LogP contribution is 2.34. The first-order chi connectivity index (χ1) is 21.4. The third-order valence-corrected chi connectivity index (χ3v) is 8.98. The molecule has 0 unspecified atom stereocenters. The minimum absolute atomic E-state index is 0.0112. The number of piperazine rings is 2. The maximum Gasteiger partial charge on any atom is 0.254 e. The Morgan fingerprint density at radius 1 is 0.886 bits per heavy atom. The molecule has 44 heavy (non-hydrogen) atoms. The van der Waals surface area contributed by atoms with Crippen LogP contribution in [-0.2, 0) is 0 Å². The lowest BCUT2D eigenvalue weighted by molar-refractivity contribution is 0.0380. The molecule has 2 N–H and O–H groups in total. The second kappa shape index (κ2) is 13.4. The van der Waals surface area contributed by atoms with Gasteiger partial charge in [0, 0.05) is 80.8 Å². The Bertz CT molecular complexity index is 1480. The molecule has 0 spiro atoms. The quantitative estimate of drug-likeness (QED) is 0.421. The first kappa shape index (κ1) is 30.1. The van der Waals surface area contributed by atoms with Crippen LogP contribution in [0.2, 0.25) is 0 Å². The number of halogens is 1. The van der Waals surface area contributed by atoms with Gasteiger partial charge in [-0.2, -0.15) is 0 Å². The van der Waals surface area contributed by atoms with Crippen LogP contribution in [0.25, 0.3) is 11.1 Å². The van der Waals surface area contributed by atoms with Gasteiger partial charge >= 0.3 is 0 Å². The molecule has 3 fully saturated rings. The summed E-state index contributed by atoms with van der Waals surface area (Å²) in [6, 6.07) is 17.9. The number of rotatable bonds is 7. The Hall–Kier alpha value is -3.95. The van der Waals surface area contributed by atoms with Crippen LogP contribution < -0.4 is 20.3 Å². The number of carbonyl (C=O) groups excluding carboxylic acids is 2. The first-order valence-corrected chi connectivity index (χ1v) is 15.8. The van der Waals surface area contributed by atoms with E-state index >= 15 is 0 Å². The van der Waals surface area contributed by atoms with Gasteiger partial charge in [0.05, 0.1) is 0 Å². The highest BCUT2D eigenvalue weighted by Gasteiger charge is 2.33. The normalized spacial score (nSPS) is 20.6. The van der Waals surface area contributed by atoms with Crippen LogP contribution in [0.5, 0.6) is 5.75 Å². The van der Waals surface area contributed by atoms with Crippen molar-refractivity contribution in [3.8, 4) is 16.9 Å². The van der Waals surface area contributed by atoms with Crippen molar-refractivity contribution in [2.75, 3.05) is 63.8 Å². The summed E-state index contributed by atoms with van der Waals surface area (Å²) < 4.78 is 20.1. The molecule has 6 rings (SSSR count). The first-order valence-electron chi connectivity index (χ1n) is 15.8. The zero-order valence-electron chi connectivity index (χ0n) is 25.7. The smallest absolute Gasteiger partial charge is 0.254 e. The van der Waals surface area contributed by atoms with Crippen LogP contribution >= 0.6 is 0 Å². The van der Waals surface area contributed by atoms with Crippen molar-refractivity contribution < 1.29 is 18.7 Å². The van der Waals surface area contributed by atoms with Gasteiger partial charge in [-0.3, -0.25) is 9.59 Å². The molecule has 3 aromatic rings. The second-order valence-corrected chi connectivity index (χ2v) is 12.1. The van der Waals surface area contributed by atoms with E-state index in [4.69, 9.17) is 4.74 Å². The van der Waals surface area contributed by atoms with E-state index in [0.29, 0.717) is 36.5 Å². The topological polar surface area (TPSA) is 77.2 Å². The number of hydrogen-bond donors (Lipinski definition) is 2. The lowest BCUT2D eigenvalue weighted by Crippen LogP contribution is -2.56. The van der Waals surface area contributed by atoms with E-state index in [1.807, 2.05) is 47.1 Å². The Kier molecular flexibility index (Phi) is 9.14. The van der Waals surface area contributed by atoms with Crippen molar-refractivity contribution in [2.45, 2.75) is 38.8 Å². The predicted octanol–water partition coefficient (Wildman–Crippen LogP) is 4.33. The van der Waals surface area contributed by atoms with Gasteiger partial charge < -0.3 is 30.1 Å². The van der Waals surface area contributed by atoms with E-state index in [1.165, 1.54) is 12.1 Å². The second-order valence-electron chi connectivity index (χ2n) is 12.1. The lowest BCUT2D eigenvalue weighted by Gasteiger charge is -2.41. The van der Waals surface area contributed by atoms with Crippen LogP contribution in [-0.4, -0.2) is 92.7 Å². The third kappa shape index (κ3) is 6.59. The number of anilines is 1. The molecule has 0 bridgehead atoms. The van der Waals surface area contributed by atoms with E-state index in [1.54, 1.807) is 12.1 Å². The molecule has 0 aliphatic carbocycles. The van der Waals surface area contributed by atoms with Crippen molar-refractivity contribution in [3.05, 3.63) is 83.2 Å². The number of amides is 2. The van der Waals surface area contributed by atoms with E-state index in [-0.39, 0.29) is 29.8 Å². The summed E-state index contributed by atoms with van der Waals surface area (Å²) in [6.45, 7) is 10.9. The number of benzene rings is 3. The van der Waals surface area contributed by atoms with Crippen molar-refractivity contribution in [2.24, 2.45) is 0 Å². The zero-order valence-corrected chi connectivity index (χ0v) is 25.7. The van der Waals surface area contributed by atoms with Gasteiger partial charge in [0.1, 0.15) is 17.7 Å². The van der Waals surface area contributed by atoms with Gasteiger partial charge in [0.2, 0.25) is 0 Å². The Labute approximate surface area is 259 Å². The molecule has 232 valence electrons. The molecule has 9 heteroatoms. The Morgan fingerprint density at radius 2 is 1.68 bits per heavy atom. The fourth-order valence-electron chi connectivity index (χ4n) is 6.53. The summed E-state index contributed by atoms with van der Waals surface area (Å²) in [5, 5.41) is 6.70. The number of carbonyl (C=O) groups is 2. The number of nitrogens with zero attached hydrogens (tertiary/aromatic N) is 3. The Morgan fingerprint density at radius 3 is 2.41 bits per heavy atom. The van der Waals surface area contributed by atoms with Crippen LogP contribution in [0, 0.1) is 12.7 Å². The van der Waals surface area contributed by atoms with E-state index in [0.717, 1.165) is 74.5 Å². The molecule has 0 aromatic heterocycles. The predicted molar refractivity (Wildman–Crippen MR) is 171 cm³/mol. The van der Waals surface area contributed by atoms with Gasteiger partial charge in [-0.25, -0.2) is 4.39 Å². The van der Waals surface area contributed by atoms with Crippen molar-refractivity contribution in [1.82, 2.24) is 20.4 Å². The van der Waals surface area contributed by atoms with Crippen LogP contribution in [0.1, 0.15) is 46.0 Å². The molecule has 3 aromatic carbocycles. The highest BCUT2D eigenvalue weighted by atomic mass is 19.1.